The van der Waals surface area contributed by atoms with Gasteiger partial charge in [0.15, 0.2) is 0 Å². The molecule has 0 saturated heterocycles. The minimum Gasteiger partial charge on any atom is -0.314 e. The van der Waals surface area contributed by atoms with E-state index in [4.69, 9.17) is 5.21 Å². The van der Waals surface area contributed by atoms with Gasteiger partial charge in [-0.15, -0.1) is 6.58 Å². The summed E-state index contributed by atoms with van der Waals surface area (Å²) in [6, 6.07) is 0. The number of nitrogens with zero attached hydrogens (tertiary/aromatic N) is 1. The van der Waals surface area contributed by atoms with Crippen molar-refractivity contribution >= 4 is 0 Å². The van der Waals surface area contributed by atoms with Crippen molar-refractivity contribution in [2.24, 2.45) is 0 Å². The van der Waals surface area contributed by atoms with Gasteiger partial charge >= 0.3 is 0 Å². The molecular weight excluding hydrogens is 90.1 g/mol. The van der Waals surface area contributed by atoms with Gasteiger partial charge < -0.3 is 5.21 Å². The van der Waals surface area contributed by atoms with Gasteiger partial charge in [-0.05, 0) is 0 Å². The Morgan fingerprint density at radius 3 is 2.57 bits per heavy atom. The fraction of sp³-hybridized carbons (Fsp3) is 0.600. The Morgan fingerprint density at radius 2 is 2.43 bits per heavy atom. The first-order valence-electron chi connectivity index (χ1n) is 2.36. The summed E-state index contributed by atoms with van der Waals surface area (Å²) in [5, 5.41) is 9.81. The molecule has 0 unspecified atom stereocenters. The Bertz CT molecular complexity index is 54.0. The van der Waals surface area contributed by atoms with E-state index in [2.05, 4.69) is 6.58 Å². The second-order valence-corrected chi connectivity index (χ2v) is 1.29. The van der Waals surface area contributed by atoms with Crippen LogP contribution in [0.1, 0.15) is 6.92 Å². The number of rotatable bonds is 3. The summed E-state index contributed by atoms with van der Waals surface area (Å²) in [7, 11) is 0. The molecule has 0 aromatic carbocycles. The minimum atomic E-state index is 0.552. The zero-order valence-corrected chi connectivity index (χ0v) is 4.59. The largest absolute Gasteiger partial charge is 0.314 e. The number of hydrogen-bond acceptors (Lipinski definition) is 2. The maximum atomic E-state index is 8.62. The average molecular weight is 101 g/mol. The van der Waals surface area contributed by atoms with Crippen LogP contribution in [0.5, 0.6) is 0 Å². The second-order valence-electron chi connectivity index (χ2n) is 1.29. The molecule has 0 atom stereocenters. The SMILES string of the molecule is C=CCN(O)CC. The molecule has 0 aromatic heterocycles. The standard InChI is InChI=1S/C5H11NO/c1-3-5-6(7)4-2/h3,7H,1,4-5H2,2H3. The van der Waals surface area contributed by atoms with E-state index in [9.17, 15) is 0 Å². The first-order valence-corrected chi connectivity index (χ1v) is 2.36. The molecule has 0 aromatic rings. The molecule has 0 radical (unpaired) electrons. The van der Waals surface area contributed by atoms with Crippen molar-refractivity contribution in [1.82, 2.24) is 5.06 Å². The molecule has 42 valence electrons. The van der Waals surface area contributed by atoms with E-state index in [0.717, 1.165) is 0 Å². The minimum absolute atomic E-state index is 0.552. The van der Waals surface area contributed by atoms with Gasteiger partial charge in [-0.2, -0.15) is 5.06 Å². The average Bonchev–Trinajstić information content (AvgIpc) is 1.68. The Kier molecular flexibility index (Phi) is 3.65. The van der Waals surface area contributed by atoms with Crippen molar-refractivity contribution in [3.05, 3.63) is 12.7 Å². The van der Waals surface area contributed by atoms with Crippen LogP contribution in [0.2, 0.25) is 0 Å². The fourth-order valence-corrected chi connectivity index (χ4v) is 0.278. The Hall–Kier alpha value is -0.340. The lowest BCUT2D eigenvalue weighted by Crippen LogP contribution is -2.17. The van der Waals surface area contributed by atoms with Crippen molar-refractivity contribution < 1.29 is 5.21 Å². The molecule has 0 aliphatic rings. The van der Waals surface area contributed by atoms with Crippen LogP contribution in [0.4, 0.5) is 0 Å². The van der Waals surface area contributed by atoms with Crippen molar-refractivity contribution in [2.45, 2.75) is 6.92 Å². The molecule has 2 nitrogen and oxygen atoms in total. The molecule has 7 heavy (non-hydrogen) atoms. The maximum Gasteiger partial charge on any atom is 0.0416 e. The van der Waals surface area contributed by atoms with Gasteiger partial charge in [-0.25, -0.2) is 0 Å². The smallest absolute Gasteiger partial charge is 0.0416 e. The van der Waals surface area contributed by atoms with Crippen LogP contribution in [0.25, 0.3) is 0 Å². The second kappa shape index (κ2) is 3.84. The molecule has 1 N–H and O–H groups in total. The molecular formula is C5H11NO. The third-order valence-electron chi connectivity index (χ3n) is 0.705. The van der Waals surface area contributed by atoms with Crippen LogP contribution in [0.3, 0.4) is 0 Å². The lowest BCUT2D eigenvalue weighted by atomic mass is 10.6. The van der Waals surface area contributed by atoms with Gasteiger partial charge in [0, 0.05) is 13.1 Å². The first-order chi connectivity index (χ1) is 3.31. The Balaban J connectivity index is 2.98. The summed E-state index contributed by atoms with van der Waals surface area (Å²) in [5.41, 5.74) is 0. The molecule has 2 heteroatoms. The monoisotopic (exact) mass is 101 g/mol. The van der Waals surface area contributed by atoms with E-state index in [0.29, 0.717) is 13.1 Å². The van der Waals surface area contributed by atoms with E-state index in [1.807, 2.05) is 6.92 Å². The zero-order valence-electron chi connectivity index (χ0n) is 4.59. The molecule has 0 heterocycles. The highest BCUT2D eigenvalue weighted by atomic mass is 16.5. The number of likely N-dealkylation sites (N-methyl/N-ethyl adjacent to an activating group) is 1. The van der Waals surface area contributed by atoms with Crippen LogP contribution in [0, 0.1) is 0 Å². The Labute approximate surface area is 44.0 Å². The van der Waals surface area contributed by atoms with Gasteiger partial charge in [-0.1, -0.05) is 13.0 Å². The number of hydroxylamine groups is 2. The summed E-state index contributed by atoms with van der Waals surface area (Å²) in [5.74, 6) is 0. The highest BCUT2D eigenvalue weighted by Gasteiger charge is 1.86. The quantitative estimate of drug-likeness (QED) is 0.421. The molecule has 0 rings (SSSR count). The molecule has 0 spiro atoms. The van der Waals surface area contributed by atoms with Crippen LogP contribution in [0.15, 0.2) is 12.7 Å². The normalized spacial score (nSPS) is 9.57. The van der Waals surface area contributed by atoms with E-state index in [1.165, 1.54) is 5.06 Å². The van der Waals surface area contributed by atoms with Crippen LogP contribution < -0.4 is 0 Å². The van der Waals surface area contributed by atoms with E-state index < -0.39 is 0 Å². The molecule has 0 amide bonds. The highest BCUT2D eigenvalue weighted by molar-refractivity contribution is 4.67. The molecule has 0 fully saturated rings. The molecule has 0 aliphatic heterocycles. The lowest BCUT2D eigenvalue weighted by molar-refractivity contribution is -0.0752. The highest BCUT2D eigenvalue weighted by Crippen LogP contribution is 1.76. The predicted octanol–water partition coefficient (Wildman–Crippen LogP) is 0.883. The van der Waals surface area contributed by atoms with Crippen molar-refractivity contribution in [1.29, 1.82) is 0 Å². The first kappa shape index (κ1) is 6.66. The fourth-order valence-electron chi connectivity index (χ4n) is 0.278. The van der Waals surface area contributed by atoms with Crippen molar-refractivity contribution in [3.63, 3.8) is 0 Å². The third kappa shape index (κ3) is 3.49. The molecule has 0 aliphatic carbocycles. The maximum absolute atomic E-state index is 8.62. The predicted molar refractivity (Wildman–Crippen MR) is 29.2 cm³/mol. The summed E-state index contributed by atoms with van der Waals surface area (Å²) in [6.45, 7) is 6.54. The van der Waals surface area contributed by atoms with Gasteiger partial charge in [0.1, 0.15) is 0 Å². The van der Waals surface area contributed by atoms with Gasteiger partial charge in [-0.3, -0.25) is 0 Å². The van der Waals surface area contributed by atoms with Crippen LogP contribution in [-0.4, -0.2) is 23.4 Å². The van der Waals surface area contributed by atoms with Crippen molar-refractivity contribution in [3.8, 4) is 0 Å². The summed E-state index contributed by atoms with van der Waals surface area (Å²) < 4.78 is 0. The zero-order chi connectivity index (χ0) is 5.70. The third-order valence-corrected chi connectivity index (χ3v) is 0.705. The van der Waals surface area contributed by atoms with Gasteiger partial charge in [0.2, 0.25) is 0 Å². The summed E-state index contributed by atoms with van der Waals surface area (Å²) in [4.78, 5) is 0. The molecule has 0 saturated carbocycles. The lowest BCUT2D eigenvalue weighted by Gasteiger charge is -2.05. The summed E-state index contributed by atoms with van der Waals surface area (Å²) in [6.07, 6.45) is 1.66. The van der Waals surface area contributed by atoms with E-state index >= 15 is 0 Å². The molecule has 0 bridgehead atoms. The van der Waals surface area contributed by atoms with Crippen LogP contribution >= 0.6 is 0 Å². The van der Waals surface area contributed by atoms with E-state index in [1.54, 1.807) is 6.08 Å². The summed E-state index contributed by atoms with van der Waals surface area (Å²) >= 11 is 0. The van der Waals surface area contributed by atoms with Crippen molar-refractivity contribution in [2.75, 3.05) is 13.1 Å². The topological polar surface area (TPSA) is 23.5 Å². The van der Waals surface area contributed by atoms with Gasteiger partial charge in [0.05, 0.1) is 0 Å². The van der Waals surface area contributed by atoms with Gasteiger partial charge in [0.25, 0.3) is 0 Å². The van der Waals surface area contributed by atoms with E-state index in [-0.39, 0.29) is 0 Å². The Morgan fingerprint density at radius 1 is 1.86 bits per heavy atom. The van der Waals surface area contributed by atoms with Crippen LogP contribution in [-0.2, 0) is 0 Å². The number of hydrogen-bond donors (Lipinski definition) is 1.